The maximum atomic E-state index is 12.7. The smallest absolute Gasteiger partial charge is 0.326 e. The number of rotatable bonds is 14. The minimum absolute atomic E-state index is 0.0232. The Morgan fingerprint density at radius 1 is 0.912 bits per heavy atom. The van der Waals surface area contributed by atoms with Gasteiger partial charge in [-0.25, -0.2) is 4.79 Å². The lowest BCUT2D eigenvalue weighted by Gasteiger charge is -2.21. The van der Waals surface area contributed by atoms with Crippen LogP contribution in [0.2, 0.25) is 0 Å². The Morgan fingerprint density at radius 2 is 1.53 bits per heavy atom. The molecule has 0 saturated carbocycles. The van der Waals surface area contributed by atoms with E-state index < -0.39 is 66.7 Å². The van der Waals surface area contributed by atoms with E-state index in [-0.39, 0.29) is 25.0 Å². The Hall–Kier alpha value is -4.20. The van der Waals surface area contributed by atoms with Gasteiger partial charge in [0.1, 0.15) is 17.8 Å². The molecular weight excluding hydrogens is 454 g/mol. The van der Waals surface area contributed by atoms with Gasteiger partial charge in [-0.05, 0) is 24.1 Å². The number of aromatic hydroxyl groups is 1. The highest BCUT2D eigenvalue weighted by Crippen LogP contribution is 2.12. The van der Waals surface area contributed by atoms with Crippen LogP contribution in [0, 0.1) is 0 Å². The summed E-state index contributed by atoms with van der Waals surface area (Å²) < 4.78 is 0. The van der Waals surface area contributed by atoms with Gasteiger partial charge in [0.2, 0.25) is 23.6 Å². The summed E-state index contributed by atoms with van der Waals surface area (Å²) in [7, 11) is 0. The SMILES string of the molecule is NC(=O)CCC(NC(=O)CNC(=O)C(N)CC(=O)O)C(=O)NC(Cc1ccc(O)cc1)C(=O)O. The van der Waals surface area contributed by atoms with E-state index in [2.05, 4.69) is 16.0 Å². The Labute approximate surface area is 193 Å². The summed E-state index contributed by atoms with van der Waals surface area (Å²) in [4.78, 5) is 69.9. The van der Waals surface area contributed by atoms with Crippen LogP contribution in [-0.4, -0.2) is 75.6 Å². The van der Waals surface area contributed by atoms with E-state index in [1.54, 1.807) is 0 Å². The standard InChI is InChI=1S/C20H27N5O9/c21-12(8-17(29)30)18(31)23-9-16(28)24-13(5-6-15(22)27)19(32)25-14(20(33)34)7-10-1-3-11(26)4-2-10/h1-4,12-14,26H,5-9,21H2,(H2,22,27)(H,23,31)(H,24,28)(H,25,32)(H,29,30)(H,33,34). The van der Waals surface area contributed by atoms with E-state index >= 15 is 0 Å². The highest BCUT2D eigenvalue weighted by molar-refractivity contribution is 5.93. The van der Waals surface area contributed by atoms with Crippen molar-refractivity contribution in [3.63, 3.8) is 0 Å². The molecule has 0 heterocycles. The fourth-order valence-electron chi connectivity index (χ4n) is 2.72. The minimum atomic E-state index is -1.39. The third kappa shape index (κ3) is 10.4. The van der Waals surface area contributed by atoms with Crippen molar-refractivity contribution in [2.75, 3.05) is 6.54 Å². The summed E-state index contributed by atoms with van der Waals surface area (Å²) in [6.45, 7) is -0.650. The summed E-state index contributed by atoms with van der Waals surface area (Å²) in [5, 5.41) is 34.1. The number of primary amides is 1. The summed E-state index contributed by atoms with van der Waals surface area (Å²) in [6.07, 6.45) is -1.33. The summed E-state index contributed by atoms with van der Waals surface area (Å²) in [6, 6.07) is 1.51. The van der Waals surface area contributed by atoms with Gasteiger partial charge in [-0.3, -0.25) is 24.0 Å². The number of phenolic OH excluding ortho intramolecular Hbond substituents is 1. The Kier molecular flexibility index (Phi) is 10.9. The molecule has 0 aliphatic carbocycles. The van der Waals surface area contributed by atoms with Gasteiger partial charge in [0.15, 0.2) is 0 Å². The quantitative estimate of drug-likeness (QED) is 0.135. The number of aliphatic carboxylic acids is 2. The number of carbonyl (C=O) groups is 6. The molecular formula is C20H27N5O9. The van der Waals surface area contributed by atoms with Gasteiger partial charge in [0.05, 0.1) is 19.0 Å². The molecule has 4 amide bonds. The van der Waals surface area contributed by atoms with Gasteiger partial charge in [-0.2, -0.15) is 0 Å². The molecule has 0 aromatic heterocycles. The molecule has 14 nitrogen and oxygen atoms in total. The molecule has 1 aromatic rings. The van der Waals surface area contributed by atoms with Crippen molar-refractivity contribution in [3.05, 3.63) is 29.8 Å². The number of carboxylic acids is 2. The Balaban J connectivity index is 2.80. The van der Waals surface area contributed by atoms with Crippen molar-refractivity contribution in [1.82, 2.24) is 16.0 Å². The van der Waals surface area contributed by atoms with Crippen LogP contribution in [-0.2, 0) is 35.2 Å². The van der Waals surface area contributed by atoms with E-state index in [9.17, 15) is 39.0 Å². The Morgan fingerprint density at radius 3 is 2.06 bits per heavy atom. The van der Waals surface area contributed by atoms with Gasteiger partial charge in [0, 0.05) is 12.8 Å². The molecule has 0 aliphatic heterocycles. The largest absolute Gasteiger partial charge is 0.508 e. The third-order valence-corrected chi connectivity index (χ3v) is 4.48. The number of hydrogen-bond acceptors (Lipinski definition) is 8. The van der Waals surface area contributed by atoms with Crippen molar-refractivity contribution in [2.45, 2.75) is 43.8 Å². The van der Waals surface area contributed by atoms with Crippen molar-refractivity contribution < 1.29 is 44.1 Å². The number of benzene rings is 1. The zero-order valence-corrected chi connectivity index (χ0v) is 18.0. The van der Waals surface area contributed by atoms with Crippen LogP contribution >= 0.6 is 0 Å². The fourth-order valence-corrected chi connectivity index (χ4v) is 2.72. The normalized spacial score (nSPS) is 13.1. The van der Waals surface area contributed by atoms with Crippen LogP contribution in [0.3, 0.4) is 0 Å². The second-order valence-electron chi connectivity index (χ2n) is 7.32. The highest BCUT2D eigenvalue weighted by Gasteiger charge is 2.27. The monoisotopic (exact) mass is 481 g/mol. The molecule has 0 bridgehead atoms. The molecule has 186 valence electrons. The van der Waals surface area contributed by atoms with Gasteiger partial charge >= 0.3 is 11.9 Å². The van der Waals surface area contributed by atoms with Gasteiger partial charge in [-0.15, -0.1) is 0 Å². The molecule has 0 radical (unpaired) electrons. The van der Waals surface area contributed by atoms with Crippen LogP contribution in [0.1, 0.15) is 24.8 Å². The second-order valence-corrected chi connectivity index (χ2v) is 7.32. The summed E-state index contributed by atoms with van der Waals surface area (Å²) in [5.41, 5.74) is 11.0. The van der Waals surface area contributed by atoms with Crippen LogP contribution in [0.4, 0.5) is 0 Å². The first-order chi connectivity index (χ1) is 15.9. The maximum absolute atomic E-state index is 12.7. The van der Waals surface area contributed by atoms with E-state index in [1.165, 1.54) is 24.3 Å². The van der Waals surface area contributed by atoms with E-state index in [0.29, 0.717) is 5.56 Å². The molecule has 10 N–H and O–H groups in total. The summed E-state index contributed by atoms with van der Waals surface area (Å²) in [5.74, 6) is -6.14. The molecule has 0 spiro atoms. The second kappa shape index (κ2) is 13.4. The van der Waals surface area contributed by atoms with Crippen LogP contribution in [0.5, 0.6) is 5.75 Å². The van der Waals surface area contributed by atoms with Gasteiger partial charge < -0.3 is 42.7 Å². The predicted molar refractivity (Wildman–Crippen MR) is 115 cm³/mol. The number of carboxylic acid groups (broad SMARTS) is 2. The van der Waals surface area contributed by atoms with E-state index in [1.807, 2.05) is 0 Å². The molecule has 0 fully saturated rings. The van der Waals surface area contributed by atoms with Crippen molar-refractivity contribution in [2.24, 2.45) is 11.5 Å². The molecule has 1 aromatic carbocycles. The molecule has 0 saturated heterocycles. The lowest BCUT2D eigenvalue weighted by molar-refractivity contribution is -0.142. The number of phenols is 1. The molecule has 0 aliphatic rings. The Bertz CT molecular complexity index is 920. The zero-order valence-electron chi connectivity index (χ0n) is 18.0. The molecule has 34 heavy (non-hydrogen) atoms. The highest BCUT2D eigenvalue weighted by atomic mass is 16.4. The lowest BCUT2D eigenvalue weighted by atomic mass is 10.0. The van der Waals surface area contributed by atoms with Crippen LogP contribution in [0.25, 0.3) is 0 Å². The number of carbonyl (C=O) groups excluding carboxylic acids is 4. The number of hydrogen-bond donors (Lipinski definition) is 8. The van der Waals surface area contributed by atoms with Crippen molar-refractivity contribution >= 4 is 35.6 Å². The first kappa shape index (κ1) is 27.8. The van der Waals surface area contributed by atoms with E-state index in [0.717, 1.165) is 0 Å². The topological polar surface area (TPSA) is 251 Å². The predicted octanol–water partition coefficient (Wildman–Crippen LogP) is -2.83. The average molecular weight is 481 g/mol. The number of nitrogens with one attached hydrogen (secondary N) is 3. The maximum Gasteiger partial charge on any atom is 0.326 e. The van der Waals surface area contributed by atoms with Crippen LogP contribution in [0.15, 0.2) is 24.3 Å². The van der Waals surface area contributed by atoms with Gasteiger partial charge in [-0.1, -0.05) is 12.1 Å². The zero-order chi connectivity index (χ0) is 25.8. The summed E-state index contributed by atoms with van der Waals surface area (Å²) >= 11 is 0. The number of nitrogens with two attached hydrogens (primary N) is 2. The minimum Gasteiger partial charge on any atom is -0.508 e. The first-order valence-electron chi connectivity index (χ1n) is 10.0. The van der Waals surface area contributed by atoms with Crippen molar-refractivity contribution in [1.29, 1.82) is 0 Å². The molecule has 1 rings (SSSR count). The van der Waals surface area contributed by atoms with Crippen molar-refractivity contribution in [3.8, 4) is 5.75 Å². The average Bonchev–Trinajstić information content (AvgIpc) is 2.74. The molecule has 3 atom stereocenters. The molecule has 14 heteroatoms. The van der Waals surface area contributed by atoms with Crippen LogP contribution < -0.4 is 27.4 Å². The number of amides is 4. The van der Waals surface area contributed by atoms with E-state index in [4.69, 9.17) is 16.6 Å². The lowest BCUT2D eigenvalue weighted by Crippen LogP contribution is -2.54. The first-order valence-corrected chi connectivity index (χ1v) is 10.0. The molecule has 3 unspecified atom stereocenters. The third-order valence-electron chi connectivity index (χ3n) is 4.48. The van der Waals surface area contributed by atoms with Gasteiger partial charge in [0.25, 0.3) is 0 Å². The fraction of sp³-hybridized carbons (Fsp3) is 0.400.